The minimum Gasteiger partial charge on any atom is -0.478 e. The largest absolute Gasteiger partial charge is 0.478 e. The van der Waals surface area contributed by atoms with Crippen LogP contribution in [0.5, 0.6) is 17.5 Å². The van der Waals surface area contributed by atoms with Gasteiger partial charge in [-0.2, -0.15) is 4.98 Å². The molecule has 0 atom stereocenters. The molecule has 0 fully saturated rings. The van der Waals surface area contributed by atoms with Crippen molar-refractivity contribution in [1.82, 2.24) is 4.98 Å². The van der Waals surface area contributed by atoms with Crippen molar-refractivity contribution in [1.29, 1.82) is 0 Å². The summed E-state index contributed by atoms with van der Waals surface area (Å²) in [4.78, 5) is 4.22. The monoisotopic (exact) mass is 308 g/mol. The lowest BCUT2D eigenvalue weighted by atomic mass is 10.3. The van der Waals surface area contributed by atoms with E-state index in [1.54, 1.807) is 18.2 Å². The van der Waals surface area contributed by atoms with Crippen LogP contribution in [0.2, 0.25) is 0 Å². The van der Waals surface area contributed by atoms with E-state index in [9.17, 15) is 0 Å². The van der Waals surface area contributed by atoms with E-state index in [2.05, 4.69) is 20.9 Å². The molecule has 0 radical (unpaired) electrons. The van der Waals surface area contributed by atoms with Crippen molar-refractivity contribution in [3.8, 4) is 17.5 Å². The zero-order valence-electron chi connectivity index (χ0n) is 9.89. The van der Waals surface area contributed by atoms with Gasteiger partial charge in [-0.1, -0.05) is 12.1 Å². The van der Waals surface area contributed by atoms with Gasteiger partial charge in [0.15, 0.2) is 0 Å². The van der Waals surface area contributed by atoms with Gasteiger partial charge >= 0.3 is 0 Å². The van der Waals surface area contributed by atoms with Crippen molar-refractivity contribution in [2.75, 3.05) is 12.3 Å². The number of hydrogen-bond donors (Lipinski definition) is 1. The van der Waals surface area contributed by atoms with E-state index in [1.165, 1.54) is 0 Å². The number of benzene rings is 1. The Bertz CT molecular complexity index is 546. The third kappa shape index (κ3) is 2.92. The predicted octanol–water partition coefficient (Wildman–Crippen LogP) is 3.62. The number of nitrogens with zero attached hydrogens (tertiary/aromatic N) is 1. The molecular formula is C13H13BrN2O2. The van der Waals surface area contributed by atoms with Crippen LogP contribution in [-0.4, -0.2) is 11.6 Å². The molecule has 1 heterocycles. The molecule has 0 spiro atoms. The maximum atomic E-state index is 5.78. The molecule has 0 saturated carbocycles. The number of anilines is 1. The van der Waals surface area contributed by atoms with Crippen LogP contribution in [0.15, 0.2) is 40.9 Å². The van der Waals surface area contributed by atoms with E-state index in [4.69, 9.17) is 15.2 Å². The summed E-state index contributed by atoms with van der Waals surface area (Å²) in [6, 6.07) is 10.8. The van der Waals surface area contributed by atoms with E-state index in [0.717, 1.165) is 0 Å². The van der Waals surface area contributed by atoms with Gasteiger partial charge < -0.3 is 15.2 Å². The zero-order valence-corrected chi connectivity index (χ0v) is 11.5. The van der Waals surface area contributed by atoms with E-state index in [0.29, 0.717) is 34.3 Å². The smallest absolute Gasteiger partial charge is 0.222 e. The molecule has 2 aromatic rings. The fourth-order valence-corrected chi connectivity index (χ4v) is 1.75. The van der Waals surface area contributed by atoms with Crippen LogP contribution in [0.4, 0.5) is 5.69 Å². The summed E-state index contributed by atoms with van der Waals surface area (Å²) >= 11 is 3.38. The fourth-order valence-electron chi connectivity index (χ4n) is 1.40. The average molecular weight is 309 g/mol. The molecule has 0 bridgehead atoms. The Morgan fingerprint density at radius 1 is 1.17 bits per heavy atom. The van der Waals surface area contributed by atoms with E-state index in [-0.39, 0.29) is 0 Å². The average Bonchev–Trinajstić information content (AvgIpc) is 2.36. The molecule has 1 aromatic heterocycles. The second-order valence-corrected chi connectivity index (χ2v) is 4.30. The minimum absolute atomic E-state index is 0.465. The van der Waals surface area contributed by atoms with E-state index in [1.807, 2.05) is 25.1 Å². The number of ether oxygens (including phenoxy) is 2. The SMILES string of the molecule is CCOc1cccc(Oc2cccc(N)c2Br)n1. The molecule has 18 heavy (non-hydrogen) atoms. The third-order valence-corrected chi connectivity index (χ3v) is 3.05. The molecule has 0 aliphatic carbocycles. The quantitative estimate of drug-likeness (QED) is 0.876. The van der Waals surface area contributed by atoms with Gasteiger partial charge in [0, 0.05) is 17.8 Å². The van der Waals surface area contributed by atoms with Gasteiger partial charge in [0.2, 0.25) is 11.8 Å². The number of halogens is 1. The van der Waals surface area contributed by atoms with Gasteiger partial charge in [-0.25, -0.2) is 0 Å². The van der Waals surface area contributed by atoms with Gasteiger partial charge in [-0.15, -0.1) is 0 Å². The molecule has 0 amide bonds. The predicted molar refractivity (Wildman–Crippen MR) is 74.0 cm³/mol. The van der Waals surface area contributed by atoms with Crippen LogP contribution in [-0.2, 0) is 0 Å². The number of rotatable bonds is 4. The summed E-state index contributed by atoms with van der Waals surface area (Å²) in [6.45, 7) is 2.47. The van der Waals surface area contributed by atoms with Crippen LogP contribution in [0.1, 0.15) is 6.92 Å². The van der Waals surface area contributed by atoms with Crippen molar-refractivity contribution in [2.45, 2.75) is 6.92 Å². The first-order chi connectivity index (χ1) is 8.70. The van der Waals surface area contributed by atoms with Crippen molar-refractivity contribution in [2.24, 2.45) is 0 Å². The molecule has 94 valence electrons. The lowest BCUT2D eigenvalue weighted by Crippen LogP contribution is -1.96. The zero-order chi connectivity index (χ0) is 13.0. The number of nitrogen functional groups attached to an aromatic ring is 1. The van der Waals surface area contributed by atoms with Crippen molar-refractivity contribution in [3.63, 3.8) is 0 Å². The molecule has 0 aliphatic heterocycles. The summed E-state index contributed by atoms with van der Waals surface area (Å²) in [7, 11) is 0. The molecular weight excluding hydrogens is 296 g/mol. The molecule has 1 aromatic carbocycles. The Morgan fingerprint density at radius 3 is 2.67 bits per heavy atom. The number of aromatic nitrogens is 1. The lowest BCUT2D eigenvalue weighted by Gasteiger charge is -2.09. The summed E-state index contributed by atoms with van der Waals surface area (Å²) in [5.74, 6) is 1.62. The van der Waals surface area contributed by atoms with Crippen LogP contribution in [0.3, 0.4) is 0 Å². The van der Waals surface area contributed by atoms with Crippen molar-refractivity contribution in [3.05, 3.63) is 40.9 Å². The molecule has 2 rings (SSSR count). The normalized spacial score (nSPS) is 10.1. The molecule has 5 heteroatoms. The Hall–Kier alpha value is -1.75. The molecule has 0 unspecified atom stereocenters. The Labute approximate surface area is 114 Å². The van der Waals surface area contributed by atoms with Gasteiger partial charge in [0.1, 0.15) is 5.75 Å². The second-order valence-electron chi connectivity index (χ2n) is 3.51. The Morgan fingerprint density at radius 2 is 1.89 bits per heavy atom. The fraction of sp³-hybridized carbons (Fsp3) is 0.154. The first kappa shape index (κ1) is 12.7. The second kappa shape index (κ2) is 5.73. The molecule has 4 nitrogen and oxygen atoms in total. The Kier molecular flexibility index (Phi) is 4.04. The highest BCUT2D eigenvalue weighted by atomic mass is 79.9. The Balaban J connectivity index is 2.23. The maximum Gasteiger partial charge on any atom is 0.222 e. The van der Waals surface area contributed by atoms with Gasteiger partial charge in [-0.05, 0) is 35.0 Å². The number of pyridine rings is 1. The summed E-state index contributed by atoms with van der Waals surface area (Å²) in [5, 5.41) is 0. The molecule has 2 N–H and O–H groups in total. The van der Waals surface area contributed by atoms with Crippen LogP contribution < -0.4 is 15.2 Å². The number of hydrogen-bond acceptors (Lipinski definition) is 4. The topological polar surface area (TPSA) is 57.4 Å². The van der Waals surface area contributed by atoms with Crippen LogP contribution in [0, 0.1) is 0 Å². The highest BCUT2D eigenvalue weighted by molar-refractivity contribution is 9.10. The number of nitrogens with two attached hydrogens (primary N) is 1. The summed E-state index contributed by atoms with van der Waals surface area (Å²) in [5.41, 5.74) is 6.40. The maximum absolute atomic E-state index is 5.78. The standard InChI is InChI=1S/C13H13BrN2O2/c1-2-17-11-7-4-8-12(16-11)18-10-6-3-5-9(15)13(10)14/h3-8H,2,15H2,1H3. The van der Waals surface area contributed by atoms with Crippen molar-refractivity contribution < 1.29 is 9.47 Å². The van der Waals surface area contributed by atoms with Gasteiger partial charge in [0.25, 0.3) is 0 Å². The minimum atomic E-state index is 0.465. The third-order valence-electron chi connectivity index (χ3n) is 2.20. The van der Waals surface area contributed by atoms with Crippen LogP contribution in [0.25, 0.3) is 0 Å². The first-order valence-corrected chi connectivity index (χ1v) is 6.31. The highest BCUT2D eigenvalue weighted by Gasteiger charge is 2.06. The lowest BCUT2D eigenvalue weighted by molar-refractivity contribution is 0.321. The van der Waals surface area contributed by atoms with Crippen molar-refractivity contribution >= 4 is 21.6 Å². The van der Waals surface area contributed by atoms with E-state index < -0.39 is 0 Å². The first-order valence-electron chi connectivity index (χ1n) is 5.52. The molecule has 0 saturated heterocycles. The summed E-state index contributed by atoms with van der Waals surface area (Å²) in [6.07, 6.45) is 0. The molecule has 0 aliphatic rings. The summed E-state index contributed by atoms with van der Waals surface area (Å²) < 4.78 is 11.7. The van der Waals surface area contributed by atoms with Gasteiger partial charge in [0.05, 0.1) is 11.1 Å². The van der Waals surface area contributed by atoms with Gasteiger partial charge in [-0.3, -0.25) is 0 Å². The highest BCUT2D eigenvalue weighted by Crippen LogP contribution is 2.33. The van der Waals surface area contributed by atoms with Crippen LogP contribution >= 0.6 is 15.9 Å². The van der Waals surface area contributed by atoms with E-state index >= 15 is 0 Å².